The fourth-order valence-corrected chi connectivity index (χ4v) is 2.43. The number of alkyl halides is 2. The van der Waals surface area contributed by atoms with Gasteiger partial charge in [0.05, 0.1) is 6.54 Å². The van der Waals surface area contributed by atoms with Crippen molar-refractivity contribution >= 4 is 29.2 Å². The van der Waals surface area contributed by atoms with Crippen molar-refractivity contribution in [1.29, 1.82) is 0 Å². The number of halogens is 3. The SMILES string of the molecule is CCC(=O)N(Cc1cnc(OCC(F)F)c(Cl)c1)c1cc(C(N)=O)ccn1. The van der Waals surface area contributed by atoms with Crippen molar-refractivity contribution in [2.45, 2.75) is 26.3 Å². The third kappa shape index (κ3) is 5.58. The molecule has 27 heavy (non-hydrogen) atoms. The van der Waals surface area contributed by atoms with Crippen molar-refractivity contribution in [2.75, 3.05) is 11.5 Å². The fraction of sp³-hybridized carbons (Fsp3) is 0.294. The second-order valence-electron chi connectivity index (χ2n) is 5.43. The first-order valence-corrected chi connectivity index (χ1v) is 8.31. The predicted octanol–water partition coefficient (Wildman–Crippen LogP) is 2.82. The Bertz CT molecular complexity index is 836. The first kappa shape index (κ1) is 20.5. The number of primary amides is 1. The van der Waals surface area contributed by atoms with E-state index in [0.29, 0.717) is 5.56 Å². The van der Waals surface area contributed by atoms with Crippen LogP contribution >= 0.6 is 11.6 Å². The Morgan fingerprint density at radius 3 is 2.67 bits per heavy atom. The number of amides is 2. The van der Waals surface area contributed by atoms with Crippen LogP contribution < -0.4 is 15.4 Å². The van der Waals surface area contributed by atoms with Crippen LogP contribution in [0.2, 0.25) is 5.02 Å². The molecular weight excluding hydrogens is 382 g/mol. The van der Waals surface area contributed by atoms with Crippen LogP contribution in [0.4, 0.5) is 14.6 Å². The average Bonchev–Trinajstić information content (AvgIpc) is 2.64. The molecular formula is C17H17ClF2N4O3. The van der Waals surface area contributed by atoms with Crippen molar-refractivity contribution in [1.82, 2.24) is 9.97 Å². The second-order valence-corrected chi connectivity index (χ2v) is 5.84. The zero-order chi connectivity index (χ0) is 20.0. The van der Waals surface area contributed by atoms with Gasteiger partial charge >= 0.3 is 0 Å². The molecule has 2 heterocycles. The van der Waals surface area contributed by atoms with E-state index in [4.69, 9.17) is 22.1 Å². The van der Waals surface area contributed by atoms with Crippen LogP contribution in [-0.2, 0) is 11.3 Å². The van der Waals surface area contributed by atoms with E-state index < -0.39 is 18.9 Å². The number of pyridine rings is 2. The first-order valence-electron chi connectivity index (χ1n) is 7.93. The minimum atomic E-state index is -2.65. The Balaban J connectivity index is 2.26. The summed E-state index contributed by atoms with van der Waals surface area (Å²) in [4.78, 5) is 33.1. The van der Waals surface area contributed by atoms with Gasteiger partial charge in [0.1, 0.15) is 10.8 Å². The third-order valence-corrected chi connectivity index (χ3v) is 3.73. The summed E-state index contributed by atoms with van der Waals surface area (Å²) in [5, 5.41) is 0.0379. The van der Waals surface area contributed by atoms with Crippen LogP contribution in [0.3, 0.4) is 0 Å². The topological polar surface area (TPSA) is 98.4 Å². The van der Waals surface area contributed by atoms with Gasteiger partial charge in [-0.3, -0.25) is 14.5 Å². The molecule has 0 aliphatic rings. The van der Waals surface area contributed by atoms with Gasteiger partial charge < -0.3 is 10.5 Å². The van der Waals surface area contributed by atoms with E-state index >= 15 is 0 Å². The molecule has 2 aromatic heterocycles. The van der Waals surface area contributed by atoms with E-state index in [2.05, 4.69) is 9.97 Å². The maximum Gasteiger partial charge on any atom is 0.272 e. The summed E-state index contributed by atoms with van der Waals surface area (Å²) in [7, 11) is 0. The normalized spacial score (nSPS) is 10.7. The lowest BCUT2D eigenvalue weighted by Crippen LogP contribution is -2.30. The summed E-state index contributed by atoms with van der Waals surface area (Å²) >= 11 is 6.01. The molecule has 2 amide bonds. The molecule has 2 rings (SSSR count). The largest absolute Gasteiger partial charge is 0.471 e. The molecule has 0 spiro atoms. The Morgan fingerprint density at radius 1 is 1.33 bits per heavy atom. The number of ether oxygens (including phenoxy) is 1. The van der Waals surface area contributed by atoms with Crippen LogP contribution in [0.1, 0.15) is 29.3 Å². The molecule has 0 saturated heterocycles. The number of hydrogen-bond acceptors (Lipinski definition) is 5. The number of hydrogen-bond donors (Lipinski definition) is 1. The minimum absolute atomic E-state index is 0.0379. The standard InChI is InChI=1S/C17H17ClF2N4O3/c1-2-15(25)24(14-6-11(16(21)26)3-4-22-14)8-10-5-12(18)17(23-7-10)27-9-13(19)20/h3-7,13H,2,8-9H2,1H3,(H2,21,26). The quantitative estimate of drug-likeness (QED) is 0.737. The van der Waals surface area contributed by atoms with Gasteiger partial charge in [-0.2, -0.15) is 0 Å². The molecule has 10 heteroatoms. The van der Waals surface area contributed by atoms with Gasteiger partial charge in [0.25, 0.3) is 6.43 Å². The van der Waals surface area contributed by atoms with Gasteiger partial charge in [-0.15, -0.1) is 0 Å². The van der Waals surface area contributed by atoms with Gasteiger partial charge in [-0.25, -0.2) is 18.7 Å². The molecule has 0 atom stereocenters. The average molecular weight is 399 g/mol. The first-order chi connectivity index (χ1) is 12.8. The van der Waals surface area contributed by atoms with Crippen molar-refractivity contribution in [3.63, 3.8) is 0 Å². The number of nitrogens with two attached hydrogens (primary N) is 1. The predicted molar refractivity (Wildman–Crippen MR) is 95.0 cm³/mol. The van der Waals surface area contributed by atoms with Gasteiger partial charge in [0.2, 0.25) is 17.7 Å². The second kappa shape index (κ2) is 9.22. The Morgan fingerprint density at radius 2 is 2.07 bits per heavy atom. The third-order valence-electron chi connectivity index (χ3n) is 3.46. The van der Waals surface area contributed by atoms with Crippen molar-refractivity contribution in [3.05, 3.63) is 46.7 Å². The van der Waals surface area contributed by atoms with Crippen LogP contribution in [0.5, 0.6) is 5.88 Å². The number of anilines is 1. The van der Waals surface area contributed by atoms with Crippen molar-refractivity contribution < 1.29 is 23.1 Å². The van der Waals surface area contributed by atoms with Gasteiger partial charge in [-0.05, 0) is 23.8 Å². The molecule has 0 radical (unpaired) electrons. The molecule has 0 saturated carbocycles. The number of rotatable bonds is 8. The van der Waals surface area contributed by atoms with E-state index in [-0.39, 0.29) is 41.2 Å². The zero-order valence-electron chi connectivity index (χ0n) is 14.4. The summed E-state index contributed by atoms with van der Waals surface area (Å²) in [6.45, 7) is 0.917. The smallest absolute Gasteiger partial charge is 0.272 e. The molecule has 2 N–H and O–H groups in total. The lowest BCUT2D eigenvalue weighted by atomic mass is 10.2. The van der Waals surface area contributed by atoms with Crippen molar-refractivity contribution in [2.24, 2.45) is 5.73 Å². The highest BCUT2D eigenvalue weighted by Gasteiger charge is 2.18. The van der Waals surface area contributed by atoms with E-state index in [1.807, 2.05) is 0 Å². The number of nitrogens with zero attached hydrogens (tertiary/aromatic N) is 3. The molecule has 0 unspecified atom stereocenters. The van der Waals surface area contributed by atoms with E-state index in [1.165, 1.54) is 35.5 Å². The van der Waals surface area contributed by atoms with Gasteiger partial charge in [0, 0.05) is 24.4 Å². The fourth-order valence-electron chi connectivity index (χ4n) is 2.19. The van der Waals surface area contributed by atoms with E-state index in [0.717, 1.165) is 0 Å². The molecule has 0 fully saturated rings. The summed E-state index contributed by atoms with van der Waals surface area (Å²) in [5.74, 6) is -0.777. The summed E-state index contributed by atoms with van der Waals surface area (Å²) < 4.78 is 29.3. The summed E-state index contributed by atoms with van der Waals surface area (Å²) in [6, 6.07) is 4.31. The zero-order valence-corrected chi connectivity index (χ0v) is 15.1. The summed E-state index contributed by atoms with van der Waals surface area (Å²) in [6.07, 6.45) is 0.279. The lowest BCUT2D eigenvalue weighted by Gasteiger charge is -2.22. The number of carbonyl (C=O) groups is 2. The number of aromatic nitrogens is 2. The minimum Gasteiger partial charge on any atom is -0.471 e. The molecule has 0 aliphatic heterocycles. The molecule has 0 aliphatic carbocycles. The highest BCUT2D eigenvalue weighted by molar-refractivity contribution is 6.31. The van der Waals surface area contributed by atoms with E-state index in [1.54, 1.807) is 6.92 Å². The Labute approximate surface area is 159 Å². The molecule has 144 valence electrons. The van der Waals surface area contributed by atoms with Crippen LogP contribution in [0, 0.1) is 0 Å². The van der Waals surface area contributed by atoms with Gasteiger partial charge in [-0.1, -0.05) is 18.5 Å². The Kier molecular flexibility index (Phi) is 7.00. The maximum atomic E-state index is 12.3. The highest BCUT2D eigenvalue weighted by atomic mass is 35.5. The molecule has 0 bridgehead atoms. The van der Waals surface area contributed by atoms with Crippen LogP contribution in [-0.4, -0.2) is 34.8 Å². The monoisotopic (exact) mass is 398 g/mol. The van der Waals surface area contributed by atoms with Crippen molar-refractivity contribution in [3.8, 4) is 5.88 Å². The van der Waals surface area contributed by atoms with Crippen LogP contribution in [0.25, 0.3) is 0 Å². The number of carbonyl (C=O) groups excluding carboxylic acids is 2. The van der Waals surface area contributed by atoms with Crippen LogP contribution in [0.15, 0.2) is 30.6 Å². The molecule has 2 aromatic rings. The highest BCUT2D eigenvalue weighted by Crippen LogP contribution is 2.25. The molecule has 7 nitrogen and oxygen atoms in total. The maximum absolute atomic E-state index is 12.3. The van der Waals surface area contributed by atoms with Gasteiger partial charge in [0.15, 0.2) is 6.61 Å². The lowest BCUT2D eigenvalue weighted by molar-refractivity contribution is -0.118. The Hall–Kier alpha value is -2.81. The van der Waals surface area contributed by atoms with E-state index in [9.17, 15) is 18.4 Å². The molecule has 0 aromatic carbocycles. The summed E-state index contributed by atoms with van der Waals surface area (Å²) in [5.41, 5.74) is 6.00.